The van der Waals surface area contributed by atoms with E-state index in [4.69, 9.17) is 14.3 Å². The number of nitrogens with zero attached hydrogens (tertiary/aromatic N) is 1. The first kappa shape index (κ1) is 15.0. The van der Waals surface area contributed by atoms with Crippen molar-refractivity contribution >= 4 is 5.71 Å². The molecular formula is C18H18FN2O3+. The van der Waals surface area contributed by atoms with Crippen molar-refractivity contribution in [3.05, 3.63) is 59.4 Å². The van der Waals surface area contributed by atoms with Gasteiger partial charge in [0.15, 0.2) is 17.6 Å². The maximum absolute atomic E-state index is 13.6. The maximum atomic E-state index is 13.6. The Morgan fingerprint density at radius 1 is 1.12 bits per heavy atom. The Balaban J connectivity index is 1.31. The molecule has 24 heavy (non-hydrogen) atoms. The normalized spacial score (nSPS) is 18.4. The molecule has 0 bridgehead atoms. The van der Waals surface area contributed by atoms with Crippen LogP contribution in [0.2, 0.25) is 0 Å². The lowest BCUT2D eigenvalue weighted by Gasteiger charge is -2.07. The van der Waals surface area contributed by atoms with Crippen LogP contribution >= 0.6 is 0 Å². The van der Waals surface area contributed by atoms with Gasteiger partial charge < -0.3 is 19.6 Å². The Labute approximate surface area is 139 Å². The molecule has 0 radical (unpaired) electrons. The number of halogens is 1. The van der Waals surface area contributed by atoms with Crippen molar-refractivity contribution in [3.8, 4) is 11.5 Å². The van der Waals surface area contributed by atoms with Gasteiger partial charge in [0.05, 0.1) is 5.71 Å². The van der Waals surface area contributed by atoms with Crippen LogP contribution in [0.15, 0.2) is 47.6 Å². The monoisotopic (exact) mass is 329 g/mol. The molecule has 2 aliphatic rings. The second kappa shape index (κ2) is 6.49. The number of oxime groups is 1. The second-order valence-corrected chi connectivity index (χ2v) is 5.86. The highest BCUT2D eigenvalue weighted by atomic mass is 19.1. The van der Waals surface area contributed by atoms with Gasteiger partial charge in [0, 0.05) is 17.5 Å². The highest BCUT2D eigenvalue weighted by Gasteiger charge is 2.25. The molecular weight excluding hydrogens is 311 g/mol. The molecule has 4 rings (SSSR count). The van der Waals surface area contributed by atoms with E-state index >= 15 is 0 Å². The average Bonchev–Trinajstić information content (AvgIpc) is 3.25. The molecule has 0 amide bonds. The molecule has 0 spiro atoms. The third kappa shape index (κ3) is 3.05. The molecule has 1 atom stereocenters. The molecule has 0 aliphatic carbocycles. The van der Waals surface area contributed by atoms with Crippen LogP contribution in [0.3, 0.4) is 0 Å². The fourth-order valence-corrected chi connectivity index (χ4v) is 2.89. The van der Waals surface area contributed by atoms with Crippen LogP contribution < -0.4 is 14.8 Å². The molecule has 0 saturated heterocycles. The van der Waals surface area contributed by atoms with Crippen molar-refractivity contribution in [2.24, 2.45) is 5.16 Å². The SMILES string of the molecule is Fc1ccccc1C[NH2+]C[C@H]1CC(c2ccc3c(c2)OCO3)=NO1. The van der Waals surface area contributed by atoms with E-state index in [1.165, 1.54) is 6.07 Å². The van der Waals surface area contributed by atoms with Gasteiger partial charge in [-0.05, 0) is 24.3 Å². The van der Waals surface area contributed by atoms with E-state index < -0.39 is 0 Å². The molecule has 5 nitrogen and oxygen atoms in total. The van der Waals surface area contributed by atoms with E-state index in [2.05, 4.69) is 5.16 Å². The van der Waals surface area contributed by atoms with Crippen molar-refractivity contribution in [2.75, 3.05) is 13.3 Å². The van der Waals surface area contributed by atoms with Gasteiger partial charge in [-0.15, -0.1) is 0 Å². The maximum Gasteiger partial charge on any atom is 0.231 e. The zero-order valence-electron chi connectivity index (χ0n) is 13.1. The topological polar surface area (TPSA) is 56.7 Å². The number of fused-ring (bicyclic) bond motifs is 1. The summed E-state index contributed by atoms with van der Waals surface area (Å²) in [7, 11) is 0. The molecule has 124 valence electrons. The zero-order valence-corrected chi connectivity index (χ0v) is 13.1. The average molecular weight is 329 g/mol. The Morgan fingerprint density at radius 3 is 2.92 bits per heavy atom. The molecule has 2 aromatic carbocycles. The Morgan fingerprint density at radius 2 is 2.00 bits per heavy atom. The first-order valence-electron chi connectivity index (χ1n) is 7.97. The summed E-state index contributed by atoms with van der Waals surface area (Å²) in [5.74, 6) is 1.33. The number of benzene rings is 2. The summed E-state index contributed by atoms with van der Waals surface area (Å²) >= 11 is 0. The van der Waals surface area contributed by atoms with Crippen LogP contribution in [-0.2, 0) is 11.4 Å². The van der Waals surface area contributed by atoms with Gasteiger partial charge in [-0.2, -0.15) is 0 Å². The number of hydrogen-bond acceptors (Lipinski definition) is 4. The van der Waals surface area contributed by atoms with E-state index in [1.807, 2.05) is 29.6 Å². The minimum absolute atomic E-state index is 0.00260. The van der Waals surface area contributed by atoms with Gasteiger partial charge in [-0.3, -0.25) is 0 Å². The first-order chi connectivity index (χ1) is 11.8. The van der Waals surface area contributed by atoms with Gasteiger partial charge in [-0.25, -0.2) is 4.39 Å². The number of rotatable bonds is 5. The Kier molecular flexibility index (Phi) is 4.04. The van der Waals surface area contributed by atoms with Crippen molar-refractivity contribution < 1.29 is 24.0 Å². The lowest BCUT2D eigenvalue weighted by Crippen LogP contribution is -2.84. The van der Waals surface area contributed by atoms with Crippen LogP contribution in [-0.4, -0.2) is 25.2 Å². The van der Waals surface area contributed by atoms with Crippen LogP contribution in [0.4, 0.5) is 4.39 Å². The lowest BCUT2D eigenvalue weighted by molar-refractivity contribution is -0.676. The molecule has 2 heterocycles. The highest BCUT2D eigenvalue weighted by Crippen LogP contribution is 2.33. The third-order valence-corrected chi connectivity index (χ3v) is 4.19. The second-order valence-electron chi connectivity index (χ2n) is 5.86. The Bertz CT molecular complexity index is 779. The van der Waals surface area contributed by atoms with Crippen molar-refractivity contribution in [2.45, 2.75) is 19.1 Å². The quantitative estimate of drug-likeness (QED) is 0.910. The van der Waals surface area contributed by atoms with Gasteiger partial charge >= 0.3 is 0 Å². The van der Waals surface area contributed by atoms with Gasteiger partial charge in [0.25, 0.3) is 0 Å². The number of hydrogen-bond donors (Lipinski definition) is 1. The van der Waals surface area contributed by atoms with Crippen LogP contribution in [0.1, 0.15) is 17.5 Å². The van der Waals surface area contributed by atoms with E-state index in [9.17, 15) is 4.39 Å². The van der Waals surface area contributed by atoms with Crippen molar-refractivity contribution in [1.29, 1.82) is 0 Å². The highest BCUT2D eigenvalue weighted by molar-refractivity contribution is 6.01. The molecule has 6 heteroatoms. The summed E-state index contributed by atoms with van der Waals surface area (Å²) in [6, 6.07) is 12.6. The summed E-state index contributed by atoms with van der Waals surface area (Å²) in [5.41, 5.74) is 2.58. The van der Waals surface area contributed by atoms with Crippen molar-refractivity contribution in [3.63, 3.8) is 0 Å². The number of quaternary nitrogens is 1. The lowest BCUT2D eigenvalue weighted by atomic mass is 10.0. The minimum atomic E-state index is -0.168. The number of nitrogens with two attached hydrogens (primary N) is 1. The predicted octanol–water partition coefficient (Wildman–Crippen LogP) is 1.81. The zero-order chi connectivity index (χ0) is 16.4. The minimum Gasteiger partial charge on any atom is -0.454 e. The summed E-state index contributed by atoms with van der Waals surface area (Å²) in [4.78, 5) is 5.50. The van der Waals surface area contributed by atoms with E-state index in [1.54, 1.807) is 12.1 Å². The summed E-state index contributed by atoms with van der Waals surface area (Å²) in [6.07, 6.45) is 0.727. The first-order valence-corrected chi connectivity index (χ1v) is 7.97. The van der Waals surface area contributed by atoms with Gasteiger partial charge in [0.1, 0.15) is 18.9 Å². The molecule has 0 unspecified atom stereocenters. The van der Waals surface area contributed by atoms with E-state index in [0.29, 0.717) is 12.1 Å². The van der Waals surface area contributed by atoms with Crippen LogP contribution in [0, 0.1) is 5.82 Å². The smallest absolute Gasteiger partial charge is 0.231 e. The molecule has 0 fully saturated rings. The van der Waals surface area contributed by atoms with Gasteiger partial charge in [-0.1, -0.05) is 23.4 Å². The molecule has 2 N–H and O–H groups in total. The fourth-order valence-electron chi connectivity index (χ4n) is 2.89. The Hall–Kier alpha value is -2.60. The van der Waals surface area contributed by atoms with E-state index in [0.717, 1.165) is 35.7 Å². The van der Waals surface area contributed by atoms with Crippen LogP contribution in [0.5, 0.6) is 11.5 Å². The fraction of sp³-hybridized carbons (Fsp3) is 0.278. The summed E-state index contributed by atoms with van der Waals surface area (Å²) < 4.78 is 24.3. The van der Waals surface area contributed by atoms with Gasteiger partial charge in [0.2, 0.25) is 6.79 Å². The molecule has 0 saturated carbocycles. The van der Waals surface area contributed by atoms with Crippen LogP contribution in [0.25, 0.3) is 0 Å². The van der Waals surface area contributed by atoms with Crippen molar-refractivity contribution in [1.82, 2.24) is 0 Å². The largest absolute Gasteiger partial charge is 0.454 e. The molecule has 0 aromatic heterocycles. The molecule has 2 aliphatic heterocycles. The summed E-state index contributed by atoms with van der Waals surface area (Å²) in [5, 5.41) is 6.23. The predicted molar refractivity (Wildman–Crippen MR) is 85.5 cm³/mol. The number of ether oxygens (including phenoxy) is 2. The molecule has 2 aromatic rings. The standard InChI is InChI=1S/C18H17FN2O3/c19-15-4-2-1-3-13(15)9-20-10-14-8-16(21-24-14)12-5-6-17-18(7-12)23-11-22-17/h1-7,14,20H,8-11H2/p+1/t14-/m1/s1. The summed E-state index contributed by atoms with van der Waals surface area (Å²) in [6.45, 7) is 1.58. The third-order valence-electron chi connectivity index (χ3n) is 4.19. The van der Waals surface area contributed by atoms with E-state index in [-0.39, 0.29) is 18.7 Å².